The summed E-state index contributed by atoms with van der Waals surface area (Å²) in [5, 5.41) is 0. The summed E-state index contributed by atoms with van der Waals surface area (Å²) >= 11 is 0. The van der Waals surface area contributed by atoms with E-state index in [0.29, 0.717) is 5.69 Å². The molecule has 1 aromatic rings. The summed E-state index contributed by atoms with van der Waals surface area (Å²) in [7, 11) is 5.54. The highest BCUT2D eigenvalue weighted by Gasteiger charge is 2.06. The van der Waals surface area contributed by atoms with E-state index in [0.717, 1.165) is 11.4 Å². The summed E-state index contributed by atoms with van der Waals surface area (Å²) in [6.07, 6.45) is 0. The van der Waals surface area contributed by atoms with Crippen LogP contribution in [0.5, 0.6) is 5.75 Å². The Balaban J connectivity index is 3.18. The topological polar surface area (TPSA) is 38.5 Å². The normalized spacial score (nSPS) is 9.58. The molecular formula is C9H14N2O. The number of hydrogen-bond donors (Lipinski definition) is 1. The van der Waals surface area contributed by atoms with E-state index in [1.54, 1.807) is 7.11 Å². The van der Waals surface area contributed by atoms with Crippen LogP contribution in [-0.2, 0) is 0 Å². The van der Waals surface area contributed by atoms with Gasteiger partial charge in [-0.2, -0.15) is 0 Å². The maximum absolute atomic E-state index is 5.72. The van der Waals surface area contributed by atoms with E-state index >= 15 is 0 Å². The summed E-state index contributed by atoms with van der Waals surface area (Å²) in [5.74, 6) is 0.738. The van der Waals surface area contributed by atoms with Crippen molar-refractivity contribution in [3.8, 4) is 5.75 Å². The lowest BCUT2D eigenvalue weighted by Crippen LogP contribution is -2.10. The van der Waals surface area contributed by atoms with Crippen LogP contribution in [0.15, 0.2) is 18.2 Å². The molecule has 0 aliphatic heterocycles. The van der Waals surface area contributed by atoms with Crippen LogP contribution in [0.4, 0.5) is 11.4 Å². The molecular weight excluding hydrogens is 152 g/mol. The zero-order valence-electron chi connectivity index (χ0n) is 7.66. The van der Waals surface area contributed by atoms with Gasteiger partial charge in [0, 0.05) is 14.1 Å². The first kappa shape index (κ1) is 8.71. The van der Waals surface area contributed by atoms with E-state index in [-0.39, 0.29) is 0 Å². The van der Waals surface area contributed by atoms with Gasteiger partial charge in [-0.15, -0.1) is 0 Å². The van der Waals surface area contributed by atoms with Crippen LogP contribution in [0.2, 0.25) is 0 Å². The molecule has 0 radical (unpaired) electrons. The van der Waals surface area contributed by atoms with E-state index in [4.69, 9.17) is 10.5 Å². The van der Waals surface area contributed by atoms with E-state index in [2.05, 4.69) is 0 Å². The van der Waals surface area contributed by atoms with Crippen LogP contribution in [0.25, 0.3) is 0 Å². The first-order valence-corrected chi connectivity index (χ1v) is 3.76. The van der Waals surface area contributed by atoms with Crippen molar-refractivity contribution in [3.05, 3.63) is 18.2 Å². The molecule has 0 heterocycles. The van der Waals surface area contributed by atoms with Gasteiger partial charge in [0.2, 0.25) is 0 Å². The number of rotatable bonds is 2. The van der Waals surface area contributed by atoms with Gasteiger partial charge in [-0.25, -0.2) is 0 Å². The summed E-state index contributed by atoms with van der Waals surface area (Å²) in [6, 6.07) is 5.70. The minimum atomic E-state index is 0.670. The molecule has 3 nitrogen and oxygen atoms in total. The molecule has 0 fully saturated rings. The molecule has 12 heavy (non-hydrogen) atoms. The van der Waals surface area contributed by atoms with Crippen LogP contribution >= 0.6 is 0 Å². The first-order chi connectivity index (χ1) is 5.66. The number of nitrogen functional groups attached to an aromatic ring is 1. The lowest BCUT2D eigenvalue weighted by molar-refractivity contribution is 0.417. The fourth-order valence-corrected chi connectivity index (χ4v) is 1.12. The average molecular weight is 166 g/mol. The number of nitrogens with zero attached hydrogens (tertiary/aromatic N) is 1. The van der Waals surface area contributed by atoms with Gasteiger partial charge in [0.15, 0.2) is 5.75 Å². The number of methoxy groups -OCH3 is 1. The highest BCUT2D eigenvalue weighted by molar-refractivity contribution is 5.69. The van der Waals surface area contributed by atoms with Crippen molar-refractivity contribution in [2.45, 2.75) is 0 Å². The second kappa shape index (κ2) is 3.34. The fraction of sp³-hybridized carbons (Fsp3) is 0.333. The highest BCUT2D eigenvalue weighted by Crippen LogP contribution is 2.32. The van der Waals surface area contributed by atoms with Crippen LogP contribution in [0, 0.1) is 0 Å². The molecule has 1 rings (SSSR count). The summed E-state index contributed by atoms with van der Waals surface area (Å²) in [5.41, 5.74) is 7.39. The van der Waals surface area contributed by atoms with Gasteiger partial charge in [0.1, 0.15) is 0 Å². The molecule has 66 valence electrons. The lowest BCUT2D eigenvalue weighted by atomic mass is 10.2. The van der Waals surface area contributed by atoms with Gasteiger partial charge < -0.3 is 15.4 Å². The van der Waals surface area contributed by atoms with Crippen LogP contribution in [-0.4, -0.2) is 21.2 Å². The molecule has 0 spiro atoms. The van der Waals surface area contributed by atoms with Gasteiger partial charge in [-0.3, -0.25) is 0 Å². The van der Waals surface area contributed by atoms with Crippen LogP contribution in [0.3, 0.4) is 0 Å². The zero-order chi connectivity index (χ0) is 9.14. The Morgan fingerprint density at radius 3 is 2.42 bits per heavy atom. The quantitative estimate of drug-likeness (QED) is 0.674. The summed E-state index contributed by atoms with van der Waals surface area (Å²) in [6.45, 7) is 0. The second-order valence-corrected chi connectivity index (χ2v) is 2.79. The summed E-state index contributed by atoms with van der Waals surface area (Å²) < 4.78 is 5.17. The number of benzene rings is 1. The second-order valence-electron chi connectivity index (χ2n) is 2.79. The number of hydrogen-bond acceptors (Lipinski definition) is 3. The Morgan fingerprint density at radius 2 is 2.00 bits per heavy atom. The van der Waals surface area contributed by atoms with Crippen molar-refractivity contribution >= 4 is 11.4 Å². The SMILES string of the molecule is COc1c(N)cccc1N(C)C. The maximum atomic E-state index is 5.72. The predicted molar refractivity (Wildman–Crippen MR) is 51.7 cm³/mol. The molecule has 1 aromatic carbocycles. The third-order valence-electron chi connectivity index (χ3n) is 1.71. The van der Waals surface area contributed by atoms with Gasteiger partial charge in [-0.05, 0) is 12.1 Å². The van der Waals surface area contributed by atoms with E-state index < -0.39 is 0 Å². The van der Waals surface area contributed by atoms with Crippen molar-refractivity contribution in [2.24, 2.45) is 0 Å². The zero-order valence-corrected chi connectivity index (χ0v) is 7.66. The summed E-state index contributed by atoms with van der Waals surface area (Å²) in [4.78, 5) is 1.97. The third-order valence-corrected chi connectivity index (χ3v) is 1.71. The molecule has 0 aliphatic rings. The van der Waals surface area contributed by atoms with Crippen molar-refractivity contribution in [1.82, 2.24) is 0 Å². The first-order valence-electron chi connectivity index (χ1n) is 3.76. The van der Waals surface area contributed by atoms with E-state index in [1.807, 2.05) is 37.2 Å². The molecule has 0 amide bonds. The Bertz CT molecular complexity index is 271. The van der Waals surface area contributed by atoms with Crippen molar-refractivity contribution in [3.63, 3.8) is 0 Å². The number of nitrogens with two attached hydrogens (primary N) is 1. The Morgan fingerprint density at radius 1 is 1.33 bits per heavy atom. The lowest BCUT2D eigenvalue weighted by Gasteiger charge is -2.17. The molecule has 2 N–H and O–H groups in total. The number of para-hydroxylation sites is 1. The van der Waals surface area contributed by atoms with Gasteiger partial charge in [0.25, 0.3) is 0 Å². The molecule has 0 aliphatic carbocycles. The molecule has 0 bridgehead atoms. The molecule has 0 atom stereocenters. The molecule has 0 aromatic heterocycles. The Hall–Kier alpha value is -1.38. The Kier molecular flexibility index (Phi) is 2.43. The van der Waals surface area contributed by atoms with Crippen LogP contribution < -0.4 is 15.4 Å². The molecule has 0 saturated carbocycles. The van der Waals surface area contributed by atoms with Crippen molar-refractivity contribution in [2.75, 3.05) is 31.8 Å². The third kappa shape index (κ3) is 1.44. The number of anilines is 2. The maximum Gasteiger partial charge on any atom is 0.164 e. The van der Waals surface area contributed by atoms with Crippen molar-refractivity contribution in [1.29, 1.82) is 0 Å². The number of ether oxygens (including phenoxy) is 1. The molecule has 0 unspecified atom stereocenters. The van der Waals surface area contributed by atoms with E-state index in [9.17, 15) is 0 Å². The fourth-order valence-electron chi connectivity index (χ4n) is 1.12. The van der Waals surface area contributed by atoms with Crippen molar-refractivity contribution < 1.29 is 4.74 Å². The highest BCUT2D eigenvalue weighted by atomic mass is 16.5. The van der Waals surface area contributed by atoms with Crippen LogP contribution in [0.1, 0.15) is 0 Å². The van der Waals surface area contributed by atoms with E-state index in [1.165, 1.54) is 0 Å². The minimum absolute atomic E-state index is 0.670. The standard InChI is InChI=1S/C9H14N2O/c1-11(2)8-6-4-5-7(10)9(8)12-3/h4-6H,10H2,1-3H3. The Labute approximate surface area is 72.7 Å². The largest absolute Gasteiger partial charge is 0.492 e. The average Bonchev–Trinajstić information content (AvgIpc) is 2.03. The molecule has 0 saturated heterocycles. The molecule has 3 heteroatoms. The van der Waals surface area contributed by atoms with Gasteiger partial charge in [-0.1, -0.05) is 6.07 Å². The van der Waals surface area contributed by atoms with Gasteiger partial charge >= 0.3 is 0 Å². The minimum Gasteiger partial charge on any atom is -0.492 e. The van der Waals surface area contributed by atoms with Gasteiger partial charge in [0.05, 0.1) is 18.5 Å². The monoisotopic (exact) mass is 166 g/mol. The predicted octanol–water partition coefficient (Wildman–Crippen LogP) is 1.34. The smallest absolute Gasteiger partial charge is 0.164 e.